The van der Waals surface area contributed by atoms with Crippen molar-refractivity contribution in [2.75, 3.05) is 13.2 Å². The first kappa shape index (κ1) is 17.8. The number of imide groups is 1. The number of ether oxygens (including phenoxy) is 1. The van der Waals surface area contributed by atoms with E-state index in [2.05, 4.69) is 0 Å². The van der Waals surface area contributed by atoms with Crippen molar-refractivity contribution in [1.82, 2.24) is 4.90 Å². The van der Waals surface area contributed by atoms with Crippen LogP contribution >= 0.6 is 11.6 Å². The number of carbonyl (C=O) groups excluding carboxylic acids is 2. The zero-order valence-corrected chi connectivity index (χ0v) is 14.2. The minimum Gasteiger partial charge on any atom is -0.491 e. The molecule has 1 unspecified atom stereocenters. The fraction of sp³-hybridized carbons (Fsp3) is 0.529. The topological polar surface area (TPSA) is 66.8 Å². The summed E-state index contributed by atoms with van der Waals surface area (Å²) in [5, 5.41) is 10.7. The van der Waals surface area contributed by atoms with Gasteiger partial charge < -0.3 is 9.84 Å². The summed E-state index contributed by atoms with van der Waals surface area (Å²) in [5.41, 5.74) is -0.603. The van der Waals surface area contributed by atoms with Gasteiger partial charge in [0.25, 0.3) is 0 Å². The summed E-state index contributed by atoms with van der Waals surface area (Å²) in [4.78, 5) is 25.8. The maximum absolute atomic E-state index is 12.5. The lowest BCUT2D eigenvalue weighted by Crippen LogP contribution is -2.41. The van der Waals surface area contributed by atoms with Crippen LogP contribution in [0.15, 0.2) is 24.3 Å². The van der Waals surface area contributed by atoms with Gasteiger partial charge in [0.15, 0.2) is 0 Å². The molecular formula is C17H22ClNO4. The van der Waals surface area contributed by atoms with E-state index >= 15 is 0 Å². The maximum atomic E-state index is 12.5. The molecule has 6 heteroatoms. The lowest BCUT2D eigenvalue weighted by molar-refractivity contribution is -0.143. The molecule has 1 N–H and O–H groups in total. The second kappa shape index (κ2) is 7.32. The highest BCUT2D eigenvalue weighted by Gasteiger charge is 2.49. The molecule has 23 heavy (non-hydrogen) atoms. The molecule has 0 aliphatic carbocycles. The van der Waals surface area contributed by atoms with E-state index in [1.54, 1.807) is 24.3 Å². The molecule has 1 aliphatic rings. The molecule has 5 nitrogen and oxygen atoms in total. The third-order valence-electron chi connectivity index (χ3n) is 4.49. The summed E-state index contributed by atoms with van der Waals surface area (Å²) in [7, 11) is 0. The summed E-state index contributed by atoms with van der Waals surface area (Å²) >= 11 is 5.79. The summed E-state index contributed by atoms with van der Waals surface area (Å²) in [6.07, 6.45) is 0.552. The van der Waals surface area contributed by atoms with Crippen LogP contribution in [0.3, 0.4) is 0 Å². The van der Waals surface area contributed by atoms with Crippen LogP contribution in [-0.4, -0.2) is 41.1 Å². The molecule has 1 aromatic carbocycles. The van der Waals surface area contributed by atoms with Crippen LogP contribution in [0.2, 0.25) is 5.02 Å². The number of nitrogens with zero attached hydrogens (tertiary/aromatic N) is 1. The van der Waals surface area contributed by atoms with Crippen molar-refractivity contribution in [2.24, 2.45) is 5.41 Å². The zero-order chi connectivity index (χ0) is 17.0. The highest BCUT2D eigenvalue weighted by atomic mass is 35.5. The summed E-state index contributed by atoms with van der Waals surface area (Å²) in [6, 6.07) is 6.77. The Morgan fingerprint density at radius 2 is 1.87 bits per heavy atom. The fourth-order valence-electron chi connectivity index (χ4n) is 2.83. The van der Waals surface area contributed by atoms with Gasteiger partial charge in [-0.3, -0.25) is 14.5 Å². The number of aliphatic hydroxyl groups is 1. The second-order valence-corrected chi connectivity index (χ2v) is 6.33. The molecule has 0 aromatic heterocycles. The SMILES string of the molecule is CCC1(CC)CC(=O)N(CC(O)COc2ccc(Cl)cc2)C1=O. The van der Waals surface area contributed by atoms with E-state index < -0.39 is 11.5 Å². The average Bonchev–Trinajstić information content (AvgIpc) is 2.79. The fourth-order valence-corrected chi connectivity index (χ4v) is 2.96. The molecule has 2 amide bonds. The van der Waals surface area contributed by atoms with Crippen LogP contribution in [0, 0.1) is 5.41 Å². The number of halogens is 1. The standard InChI is InChI=1S/C17H22ClNO4/c1-3-17(4-2)9-15(21)19(16(17)22)10-13(20)11-23-14-7-5-12(18)6-8-14/h5-8,13,20H,3-4,9-11H2,1-2H3. The average molecular weight is 340 g/mol. The first-order valence-corrected chi connectivity index (χ1v) is 8.21. The molecule has 1 aromatic rings. The van der Waals surface area contributed by atoms with E-state index in [1.807, 2.05) is 13.8 Å². The van der Waals surface area contributed by atoms with Crippen molar-refractivity contribution in [3.8, 4) is 5.75 Å². The maximum Gasteiger partial charge on any atom is 0.235 e. The highest BCUT2D eigenvalue weighted by Crippen LogP contribution is 2.39. The Hall–Kier alpha value is -1.59. The van der Waals surface area contributed by atoms with E-state index in [0.29, 0.717) is 23.6 Å². The van der Waals surface area contributed by atoms with Gasteiger partial charge in [-0.1, -0.05) is 25.4 Å². The molecule has 0 bridgehead atoms. The van der Waals surface area contributed by atoms with Crippen LogP contribution in [-0.2, 0) is 9.59 Å². The van der Waals surface area contributed by atoms with Gasteiger partial charge in [0.05, 0.1) is 12.0 Å². The molecule has 1 saturated heterocycles. The Bertz CT molecular complexity index is 568. The number of hydrogen-bond donors (Lipinski definition) is 1. The van der Waals surface area contributed by atoms with E-state index in [0.717, 1.165) is 0 Å². The molecule has 0 spiro atoms. The Morgan fingerprint density at radius 1 is 1.26 bits per heavy atom. The summed E-state index contributed by atoms with van der Waals surface area (Å²) in [6.45, 7) is 3.80. The van der Waals surface area contributed by atoms with Crippen molar-refractivity contribution in [2.45, 2.75) is 39.2 Å². The van der Waals surface area contributed by atoms with Crippen molar-refractivity contribution in [1.29, 1.82) is 0 Å². The van der Waals surface area contributed by atoms with Crippen LogP contribution in [0.5, 0.6) is 5.75 Å². The third kappa shape index (κ3) is 3.85. The Kier molecular flexibility index (Phi) is 5.65. The molecule has 0 radical (unpaired) electrons. The predicted molar refractivity (Wildman–Crippen MR) is 87.3 cm³/mol. The summed E-state index contributed by atoms with van der Waals surface area (Å²) < 4.78 is 5.45. The lowest BCUT2D eigenvalue weighted by atomic mass is 9.81. The van der Waals surface area contributed by atoms with Crippen molar-refractivity contribution in [3.05, 3.63) is 29.3 Å². The zero-order valence-electron chi connectivity index (χ0n) is 13.4. The van der Waals surface area contributed by atoms with Gasteiger partial charge in [-0.15, -0.1) is 0 Å². The smallest absolute Gasteiger partial charge is 0.235 e. The van der Waals surface area contributed by atoms with Crippen LogP contribution in [0.4, 0.5) is 0 Å². The van der Waals surface area contributed by atoms with E-state index in [1.165, 1.54) is 4.90 Å². The lowest BCUT2D eigenvalue weighted by Gasteiger charge is -2.24. The number of carbonyl (C=O) groups is 2. The van der Waals surface area contributed by atoms with Crippen molar-refractivity contribution in [3.63, 3.8) is 0 Å². The Morgan fingerprint density at radius 3 is 2.39 bits per heavy atom. The first-order valence-electron chi connectivity index (χ1n) is 7.83. The number of hydrogen-bond acceptors (Lipinski definition) is 4. The number of likely N-dealkylation sites (tertiary alicyclic amines) is 1. The van der Waals surface area contributed by atoms with Crippen LogP contribution in [0.25, 0.3) is 0 Å². The van der Waals surface area contributed by atoms with E-state index in [-0.39, 0.29) is 31.4 Å². The molecule has 0 saturated carbocycles. The Labute approximate surface area is 141 Å². The number of rotatable bonds is 7. The largest absolute Gasteiger partial charge is 0.491 e. The molecule has 2 rings (SSSR count). The Balaban J connectivity index is 1.92. The van der Waals surface area contributed by atoms with Crippen molar-refractivity contribution < 1.29 is 19.4 Å². The summed E-state index contributed by atoms with van der Waals surface area (Å²) in [5.74, 6) is 0.172. The molecule has 1 fully saturated rings. The van der Waals surface area contributed by atoms with Crippen molar-refractivity contribution >= 4 is 23.4 Å². The number of aliphatic hydroxyl groups excluding tert-OH is 1. The minimum atomic E-state index is -0.928. The number of β-amino-alcohol motifs (C(OH)–C–C–N with tert-alkyl or cyclic N) is 1. The molecular weight excluding hydrogens is 318 g/mol. The monoisotopic (exact) mass is 339 g/mol. The van der Waals surface area contributed by atoms with Gasteiger partial charge in [-0.25, -0.2) is 0 Å². The van der Waals surface area contributed by atoms with Gasteiger partial charge in [0.1, 0.15) is 18.5 Å². The normalized spacial score (nSPS) is 18.3. The van der Waals surface area contributed by atoms with E-state index in [9.17, 15) is 14.7 Å². The van der Waals surface area contributed by atoms with Crippen LogP contribution in [0.1, 0.15) is 33.1 Å². The second-order valence-electron chi connectivity index (χ2n) is 5.89. The van der Waals surface area contributed by atoms with Crippen LogP contribution < -0.4 is 4.74 Å². The predicted octanol–water partition coefficient (Wildman–Crippen LogP) is 2.65. The van der Waals surface area contributed by atoms with E-state index in [4.69, 9.17) is 16.3 Å². The van der Waals surface area contributed by atoms with Gasteiger partial charge >= 0.3 is 0 Å². The minimum absolute atomic E-state index is 0.00391. The number of amides is 2. The number of benzene rings is 1. The van der Waals surface area contributed by atoms with Gasteiger partial charge in [0.2, 0.25) is 11.8 Å². The van der Waals surface area contributed by atoms with Gasteiger partial charge in [-0.05, 0) is 37.1 Å². The third-order valence-corrected chi connectivity index (χ3v) is 4.74. The first-order chi connectivity index (χ1) is 10.9. The highest BCUT2D eigenvalue weighted by molar-refractivity contribution is 6.30. The molecule has 1 heterocycles. The molecule has 1 atom stereocenters. The molecule has 1 aliphatic heterocycles. The van der Waals surface area contributed by atoms with Gasteiger partial charge in [0, 0.05) is 11.4 Å². The molecule has 126 valence electrons. The van der Waals surface area contributed by atoms with Gasteiger partial charge in [-0.2, -0.15) is 0 Å². The quantitative estimate of drug-likeness (QED) is 0.775.